The minimum absolute atomic E-state index is 0.0915. The summed E-state index contributed by atoms with van der Waals surface area (Å²) in [5.41, 5.74) is 1.53. The van der Waals surface area contributed by atoms with E-state index in [2.05, 4.69) is 6.07 Å². The van der Waals surface area contributed by atoms with Crippen molar-refractivity contribution in [2.45, 2.75) is 24.2 Å². The van der Waals surface area contributed by atoms with E-state index in [1.165, 1.54) is 6.07 Å². The Hall–Kier alpha value is -1.42. The normalized spacial score (nSPS) is 23.8. The predicted octanol–water partition coefficient (Wildman–Crippen LogP) is 1.29. The van der Waals surface area contributed by atoms with Crippen LogP contribution in [0.1, 0.15) is 23.5 Å². The highest BCUT2D eigenvalue weighted by Crippen LogP contribution is 2.34. The lowest BCUT2D eigenvalue weighted by Gasteiger charge is -2.28. The molecule has 0 aliphatic carbocycles. The highest BCUT2D eigenvalue weighted by Gasteiger charge is 2.31. The van der Waals surface area contributed by atoms with E-state index in [0.29, 0.717) is 25.2 Å². The third kappa shape index (κ3) is 2.95. The van der Waals surface area contributed by atoms with E-state index in [0.717, 1.165) is 5.56 Å². The van der Waals surface area contributed by atoms with Crippen LogP contribution in [0.5, 0.6) is 0 Å². The van der Waals surface area contributed by atoms with Gasteiger partial charge in [0.1, 0.15) is 0 Å². The Labute approximate surface area is 113 Å². The maximum absolute atomic E-state index is 11.7. The average Bonchev–Trinajstić information content (AvgIpc) is 2.37. The molecule has 0 unspecified atom stereocenters. The Morgan fingerprint density at radius 1 is 1.47 bits per heavy atom. The number of nitriles is 1. The van der Waals surface area contributed by atoms with E-state index in [-0.39, 0.29) is 16.7 Å². The van der Waals surface area contributed by atoms with Gasteiger partial charge in [0.25, 0.3) is 0 Å². The van der Waals surface area contributed by atoms with Gasteiger partial charge in [-0.15, -0.1) is 0 Å². The molecule has 2 rings (SSSR count). The number of aryl methyl sites for hydroxylation is 1. The van der Waals surface area contributed by atoms with Gasteiger partial charge in [0, 0.05) is 12.5 Å². The molecule has 102 valence electrons. The number of sulfonamides is 1. The highest BCUT2D eigenvalue weighted by molar-refractivity contribution is 7.89. The number of ether oxygens (including phenoxy) is 1. The smallest absolute Gasteiger partial charge is 0.238 e. The maximum atomic E-state index is 11.7. The second kappa shape index (κ2) is 5.29. The number of benzene rings is 1. The maximum Gasteiger partial charge on any atom is 0.238 e. The molecule has 0 amide bonds. The first kappa shape index (κ1) is 14.0. The van der Waals surface area contributed by atoms with Gasteiger partial charge in [-0.05, 0) is 25.0 Å². The van der Waals surface area contributed by atoms with Crippen LogP contribution in [0.2, 0.25) is 0 Å². The zero-order valence-corrected chi connectivity index (χ0v) is 11.5. The average molecular weight is 280 g/mol. The van der Waals surface area contributed by atoms with Gasteiger partial charge in [-0.25, -0.2) is 13.6 Å². The van der Waals surface area contributed by atoms with Crippen molar-refractivity contribution in [1.82, 2.24) is 0 Å². The molecular formula is C13H16N2O3S. The molecule has 2 N–H and O–H groups in total. The molecule has 0 aromatic heterocycles. The molecule has 2 atom stereocenters. The molecule has 0 bridgehead atoms. The zero-order valence-electron chi connectivity index (χ0n) is 10.7. The van der Waals surface area contributed by atoms with Crippen LogP contribution in [0.25, 0.3) is 0 Å². The van der Waals surface area contributed by atoms with Crippen LogP contribution in [0.3, 0.4) is 0 Å². The van der Waals surface area contributed by atoms with Gasteiger partial charge in [-0.1, -0.05) is 17.7 Å². The first-order chi connectivity index (χ1) is 8.93. The summed E-state index contributed by atoms with van der Waals surface area (Å²) in [7, 11) is -3.80. The summed E-state index contributed by atoms with van der Waals surface area (Å²) in [5.74, 6) is -0.483. The number of rotatable bonds is 2. The van der Waals surface area contributed by atoms with Gasteiger partial charge in [0.2, 0.25) is 10.0 Å². The molecule has 1 heterocycles. The molecule has 1 aliphatic heterocycles. The monoisotopic (exact) mass is 280 g/mol. The summed E-state index contributed by atoms with van der Waals surface area (Å²) >= 11 is 0. The molecule has 19 heavy (non-hydrogen) atoms. The van der Waals surface area contributed by atoms with Gasteiger partial charge in [-0.2, -0.15) is 5.26 Å². The molecule has 1 aliphatic rings. The van der Waals surface area contributed by atoms with Gasteiger partial charge < -0.3 is 4.74 Å². The Kier molecular flexibility index (Phi) is 3.90. The summed E-state index contributed by atoms with van der Waals surface area (Å²) in [4.78, 5) is 0.0915. The van der Waals surface area contributed by atoms with Crippen LogP contribution in [0.4, 0.5) is 0 Å². The molecular weight excluding hydrogens is 264 g/mol. The second-order valence-electron chi connectivity index (χ2n) is 4.79. The van der Waals surface area contributed by atoms with Crippen LogP contribution in [-0.4, -0.2) is 21.6 Å². The van der Waals surface area contributed by atoms with E-state index < -0.39 is 10.0 Å². The van der Waals surface area contributed by atoms with E-state index in [4.69, 9.17) is 9.88 Å². The molecule has 0 spiro atoms. The van der Waals surface area contributed by atoms with Gasteiger partial charge in [0.15, 0.2) is 0 Å². The van der Waals surface area contributed by atoms with Crippen LogP contribution in [0, 0.1) is 24.2 Å². The van der Waals surface area contributed by atoms with Crippen molar-refractivity contribution in [2.24, 2.45) is 11.1 Å². The quantitative estimate of drug-likeness (QED) is 0.883. The number of primary sulfonamides is 1. The summed E-state index contributed by atoms with van der Waals surface area (Å²) in [5, 5.41) is 14.4. The molecule has 6 heteroatoms. The predicted molar refractivity (Wildman–Crippen MR) is 69.8 cm³/mol. The van der Waals surface area contributed by atoms with Crippen molar-refractivity contribution in [3.05, 3.63) is 29.3 Å². The first-order valence-corrected chi connectivity index (χ1v) is 7.59. The van der Waals surface area contributed by atoms with Gasteiger partial charge >= 0.3 is 0 Å². The third-order valence-corrected chi connectivity index (χ3v) is 4.38. The van der Waals surface area contributed by atoms with Crippen LogP contribution in [0.15, 0.2) is 23.1 Å². The minimum atomic E-state index is -3.80. The van der Waals surface area contributed by atoms with E-state index in [1.54, 1.807) is 12.1 Å². The van der Waals surface area contributed by atoms with Gasteiger partial charge in [0.05, 0.1) is 23.5 Å². The fourth-order valence-corrected chi connectivity index (χ4v) is 3.21. The second-order valence-corrected chi connectivity index (χ2v) is 6.32. The topological polar surface area (TPSA) is 93.2 Å². The SMILES string of the molecule is Cc1ccc(S(N)(=O)=O)c([C@@H]2COCC[C@H]2C#N)c1. The van der Waals surface area contributed by atoms with Crippen LogP contribution in [-0.2, 0) is 14.8 Å². The van der Waals surface area contributed by atoms with Crippen molar-refractivity contribution in [2.75, 3.05) is 13.2 Å². The standard InChI is InChI=1S/C13H16N2O3S/c1-9-2-3-13(19(15,16)17)11(6-9)12-8-18-5-4-10(12)7-14/h2-3,6,10,12H,4-5,8H2,1H3,(H2,15,16,17)/t10-,12+/m0/s1. The lowest BCUT2D eigenvalue weighted by atomic mass is 9.83. The first-order valence-electron chi connectivity index (χ1n) is 6.04. The van der Waals surface area contributed by atoms with Crippen LogP contribution < -0.4 is 5.14 Å². The third-order valence-electron chi connectivity index (χ3n) is 3.39. The fourth-order valence-electron chi connectivity index (χ4n) is 2.42. The van der Waals surface area contributed by atoms with Crippen LogP contribution >= 0.6 is 0 Å². The van der Waals surface area contributed by atoms with Crippen molar-refractivity contribution >= 4 is 10.0 Å². The van der Waals surface area contributed by atoms with E-state index in [1.807, 2.05) is 6.92 Å². The molecule has 1 aromatic rings. The largest absolute Gasteiger partial charge is 0.381 e. The fraction of sp³-hybridized carbons (Fsp3) is 0.462. The Bertz CT molecular complexity index is 619. The number of nitrogens with zero attached hydrogens (tertiary/aromatic N) is 1. The molecule has 1 saturated heterocycles. The summed E-state index contributed by atoms with van der Waals surface area (Å²) in [6.45, 7) is 2.76. The number of hydrogen-bond acceptors (Lipinski definition) is 4. The van der Waals surface area contributed by atoms with E-state index in [9.17, 15) is 13.7 Å². The Morgan fingerprint density at radius 2 is 2.21 bits per heavy atom. The molecule has 1 fully saturated rings. The minimum Gasteiger partial charge on any atom is -0.381 e. The van der Waals surface area contributed by atoms with E-state index >= 15 is 0 Å². The Balaban J connectivity index is 2.54. The van der Waals surface area contributed by atoms with Gasteiger partial charge in [-0.3, -0.25) is 0 Å². The van der Waals surface area contributed by atoms with Crippen molar-refractivity contribution < 1.29 is 13.2 Å². The van der Waals surface area contributed by atoms with Crippen molar-refractivity contribution in [3.8, 4) is 6.07 Å². The molecule has 0 radical (unpaired) electrons. The summed E-state index contributed by atoms with van der Waals surface area (Å²) in [6, 6.07) is 7.22. The number of hydrogen-bond donors (Lipinski definition) is 1. The van der Waals surface area contributed by atoms with Crippen molar-refractivity contribution in [3.63, 3.8) is 0 Å². The molecule has 5 nitrogen and oxygen atoms in total. The van der Waals surface area contributed by atoms with Crippen molar-refractivity contribution in [1.29, 1.82) is 5.26 Å². The summed E-state index contributed by atoms with van der Waals surface area (Å²) < 4.78 is 28.7. The highest BCUT2D eigenvalue weighted by atomic mass is 32.2. The Morgan fingerprint density at radius 3 is 2.84 bits per heavy atom. The lowest BCUT2D eigenvalue weighted by molar-refractivity contribution is 0.0610. The number of nitrogens with two attached hydrogens (primary N) is 1. The molecule has 0 saturated carbocycles. The summed E-state index contributed by atoms with van der Waals surface area (Å²) in [6.07, 6.45) is 0.610. The molecule has 1 aromatic carbocycles. The zero-order chi connectivity index (χ0) is 14.0. The lowest BCUT2D eigenvalue weighted by Crippen LogP contribution is -2.27.